The lowest BCUT2D eigenvalue weighted by molar-refractivity contribution is -0.193. The van der Waals surface area contributed by atoms with Gasteiger partial charge in [0, 0.05) is 30.6 Å². The SMILES string of the molecule is CC(=O)OCC(=O)[C@@]1(OC(C)=O)C(C)C[C@H]2[C@@H]3CC(F)C4=CC(=O)C=C[C@]4(C)[C@]34OC4C[C@@]21C. The van der Waals surface area contributed by atoms with Crippen molar-refractivity contribution in [3.05, 3.63) is 23.8 Å². The third kappa shape index (κ3) is 2.66. The molecule has 1 saturated heterocycles. The van der Waals surface area contributed by atoms with Crippen LogP contribution < -0.4 is 0 Å². The van der Waals surface area contributed by atoms with E-state index in [1.165, 1.54) is 26.0 Å². The molecule has 5 rings (SSSR count). The van der Waals surface area contributed by atoms with Crippen LogP contribution in [0.25, 0.3) is 0 Å². The Hall–Kier alpha value is -2.35. The molecule has 34 heavy (non-hydrogen) atoms. The molecule has 184 valence electrons. The number of hydrogen-bond acceptors (Lipinski definition) is 7. The van der Waals surface area contributed by atoms with E-state index in [1.807, 2.05) is 20.8 Å². The Balaban J connectivity index is 1.59. The molecule has 0 amide bonds. The van der Waals surface area contributed by atoms with Gasteiger partial charge >= 0.3 is 11.9 Å². The molecule has 9 atom stereocenters. The second-order valence-corrected chi connectivity index (χ2v) is 11.1. The van der Waals surface area contributed by atoms with Gasteiger partial charge in [0.25, 0.3) is 0 Å². The summed E-state index contributed by atoms with van der Waals surface area (Å²) < 4.78 is 33.0. The first kappa shape index (κ1) is 23.4. The van der Waals surface area contributed by atoms with Crippen molar-refractivity contribution in [2.75, 3.05) is 6.61 Å². The van der Waals surface area contributed by atoms with E-state index in [9.17, 15) is 19.2 Å². The van der Waals surface area contributed by atoms with E-state index in [0.29, 0.717) is 18.4 Å². The Morgan fingerprint density at radius 3 is 2.50 bits per heavy atom. The third-order valence-corrected chi connectivity index (χ3v) is 9.59. The predicted octanol–water partition coefficient (Wildman–Crippen LogP) is 3.05. The van der Waals surface area contributed by atoms with Gasteiger partial charge < -0.3 is 14.2 Å². The number of epoxide rings is 1. The highest BCUT2D eigenvalue weighted by Gasteiger charge is 2.83. The summed E-state index contributed by atoms with van der Waals surface area (Å²) in [6, 6.07) is 0. The van der Waals surface area contributed by atoms with Crippen molar-refractivity contribution in [1.29, 1.82) is 0 Å². The molecular formula is C26H31FO7. The highest BCUT2D eigenvalue weighted by molar-refractivity contribution is 6.01. The summed E-state index contributed by atoms with van der Waals surface area (Å²) in [6.07, 6.45) is 4.27. The maximum Gasteiger partial charge on any atom is 0.303 e. The number of hydrogen-bond donors (Lipinski definition) is 0. The largest absolute Gasteiger partial charge is 0.458 e. The molecule has 0 N–H and O–H groups in total. The van der Waals surface area contributed by atoms with Crippen molar-refractivity contribution in [3.8, 4) is 0 Å². The van der Waals surface area contributed by atoms with Gasteiger partial charge in [-0.15, -0.1) is 0 Å². The summed E-state index contributed by atoms with van der Waals surface area (Å²) in [5.41, 5.74) is -3.28. The van der Waals surface area contributed by atoms with E-state index >= 15 is 4.39 Å². The number of fused-ring (bicyclic) bond motifs is 3. The lowest BCUT2D eigenvalue weighted by Gasteiger charge is -2.56. The number of ether oxygens (including phenoxy) is 3. The Labute approximate surface area is 198 Å². The maximum absolute atomic E-state index is 15.6. The van der Waals surface area contributed by atoms with Crippen LogP contribution in [0.3, 0.4) is 0 Å². The van der Waals surface area contributed by atoms with Gasteiger partial charge in [-0.2, -0.15) is 0 Å². The Kier molecular flexibility index (Phi) is 4.88. The van der Waals surface area contributed by atoms with Crippen LogP contribution in [0.15, 0.2) is 23.8 Å². The van der Waals surface area contributed by atoms with Crippen molar-refractivity contribution in [1.82, 2.24) is 0 Å². The number of carbonyl (C=O) groups is 4. The number of esters is 2. The molecule has 3 unspecified atom stereocenters. The summed E-state index contributed by atoms with van der Waals surface area (Å²) in [5, 5.41) is 0. The van der Waals surface area contributed by atoms with Crippen molar-refractivity contribution in [2.24, 2.45) is 28.6 Å². The van der Waals surface area contributed by atoms with Crippen molar-refractivity contribution in [2.45, 2.75) is 77.4 Å². The van der Waals surface area contributed by atoms with Crippen LogP contribution in [-0.2, 0) is 33.4 Å². The van der Waals surface area contributed by atoms with Crippen LogP contribution in [0.5, 0.6) is 0 Å². The van der Waals surface area contributed by atoms with Crippen LogP contribution in [0.4, 0.5) is 4.39 Å². The van der Waals surface area contributed by atoms with E-state index in [-0.39, 0.29) is 36.1 Å². The van der Waals surface area contributed by atoms with Gasteiger partial charge in [-0.25, -0.2) is 4.39 Å². The fraction of sp³-hybridized carbons (Fsp3) is 0.692. The number of alkyl halides is 1. The minimum absolute atomic E-state index is 0.162. The molecule has 0 radical (unpaired) electrons. The summed E-state index contributed by atoms with van der Waals surface area (Å²) >= 11 is 0. The molecule has 4 fully saturated rings. The molecule has 5 aliphatic rings. The Morgan fingerprint density at radius 2 is 1.85 bits per heavy atom. The average Bonchev–Trinajstić information content (AvgIpc) is 3.42. The summed E-state index contributed by atoms with van der Waals surface area (Å²) in [6.45, 7) is 7.75. The van der Waals surface area contributed by atoms with Gasteiger partial charge in [0.05, 0.1) is 6.10 Å². The molecule has 4 aliphatic carbocycles. The molecular weight excluding hydrogens is 443 g/mol. The predicted molar refractivity (Wildman–Crippen MR) is 117 cm³/mol. The molecule has 0 aromatic heterocycles. The van der Waals surface area contributed by atoms with Gasteiger partial charge in [0.1, 0.15) is 11.8 Å². The molecule has 1 aliphatic heterocycles. The minimum atomic E-state index is -1.50. The fourth-order valence-electron chi connectivity index (χ4n) is 8.33. The lowest BCUT2D eigenvalue weighted by atomic mass is 9.46. The van der Waals surface area contributed by atoms with Crippen LogP contribution >= 0.6 is 0 Å². The van der Waals surface area contributed by atoms with Gasteiger partial charge in [-0.05, 0) is 55.7 Å². The van der Waals surface area contributed by atoms with E-state index in [2.05, 4.69) is 0 Å². The zero-order chi connectivity index (χ0) is 24.8. The van der Waals surface area contributed by atoms with Gasteiger partial charge in [0.2, 0.25) is 5.78 Å². The molecule has 3 saturated carbocycles. The number of rotatable bonds is 4. The number of Topliss-reactive ketones (excluding diaryl/α,β-unsaturated/α-hetero) is 1. The van der Waals surface area contributed by atoms with Crippen LogP contribution in [0.2, 0.25) is 0 Å². The molecule has 0 aromatic carbocycles. The first-order valence-corrected chi connectivity index (χ1v) is 12.0. The monoisotopic (exact) mass is 474 g/mol. The van der Waals surface area contributed by atoms with Crippen molar-refractivity contribution < 1.29 is 37.8 Å². The summed E-state index contributed by atoms with van der Waals surface area (Å²) in [5.74, 6) is -2.59. The average molecular weight is 475 g/mol. The normalized spacial score (nSPS) is 48.0. The number of ketones is 2. The van der Waals surface area contributed by atoms with Crippen LogP contribution in [0.1, 0.15) is 53.9 Å². The van der Waals surface area contributed by atoms with Crippen LogP contribution in [-0.4, -0.2) is 53.6 Å². The minimum Gasteiger partial charge on any atom is -0.458 e. The Bertz CT molecular complexity index is 1060. The highest BCUT2D eigenvalue weighted by Crippen LogP contribution is 2.77. The van der Waals surface area contributed by atoms with Crippen molar-refractivity contribution in [3.63, 3.8) is 0 Å². The molecule has 7 nitrogen and oxygen atoms in total. The Morgan fingerprint density at radius 1 is 1.15 bits per heavy atom. The van der Waals surface area contributed by atoms with Crippen molar-refractivity contribution >= 4 is 23.5 Å². The quantitative estimate of drug-likeness (QED) is 0.456. The highest BCUT2D eigenvalue weighted by atomic mass is 19.1. The molecule has 1 spiro atoms. The topological polar surface area (TPSA) is 99.3 Å². The fourth-order valence-corrected chi connectivity index (χ4v) is 8.33. The number of carbonyl (C=O) groups excluding carboxylic acids is 4. The summed E-state index contributed by atoms with van der Waals surface area (Å²) in [7, 11) is 0. The smallest absolute Gasteiger partial charge is 0.303 e. The second kappa shape index (κ2) is 7.09. The van der Waals surface area contributed by atoms with E-state index in [1.54, 1.807) is 6.08 Å². The van der Waals surface area contributed by atoms with Gasteiger partial charge in [0.15, 0.2) is 18.0 Å². The first-order chi connectivity index (χ1) is 15.8. The van der Waals surface area contributed by atoms with Gasteiger partial charge in [-0.1, -0.05) is 19.9 Å². The summed E-state index contributed by atoms with van der Waals surface area (Å²) in [4.78, 5) is 49.4. The second-order valence-electron chi connectivity index (χ2n) is 11.1. The standard InChI is InChI=1S/C26H31FO7/c1-13-8-17-18-10-20(27)19-9-16(30)6-7-23(19,4)26(18)22(34-26)11-24(17,5)25(13,33-15(3)29)21(31)12-32-14(2)28/h6-7,9,13,17-18,20,22H,8,10-12H2,1-5H3/t13?,17-,18-,20?,22?,23-,24-,25-,26-/m0/s1. The molecule has 0 aromatic rings. The maximum atomic E-state index is 15.6. The third-order valence-electron chi connectivity index (χ3n) is 9.59. The van der Waals surface area contributed by atoms with E-state index < -0.39 is 52.5 Å². The molecule has 1 heterocycles. The number of halogens is 1. The van der Waals surface area contributed by atoms with E-state index in [0.717, 1.165) is 0 Å². The molecule has 0 bridgehead atoms. The first-order valence-electron chi connectivity index (χ1n) is 12.0. The van der Waals surface area contributed by atoms with Gasteiger partial charge in [-0.3, -0.25) is 19.2 Å². The molecule has 8 heteroatoms. The van der Waals surface area contributed by atoms with Crippen LogP contribution in [0, 0.1) is 28.6 Å². The number of allylic oxidation sites excluding steroid dienone is 2. The van der Waals surface area contributed by atoms with E-state index in [4.69, 9.17) is 14.2 Å². The zero-order valence-electron chi connectivity index (χ0n) is 20.2. The lowest BCUT2D eigenvalue weighted by Crippen LogP contribution is -2.64. The zero-order valence-corrected chi connectivity index (χ0v) is 20.2.